The van der Waals surface area contributed by atoms with Crippen molar-refractivity contribution < 1.29 is 9.53 Å². The fraction of sp³-hybridized carbons (Fsp3) is 0.500. The molecule has 3 rings (SSSR count). The molecule has 1 aliphatic heterocycles. The maximum Gasteiger partial charge on any atom is 0.319 e. The summed E-state index contributed by atoms with van der Waals surface area (Å²) < 4.78 is 5.54. The van der Waals surface area contributed by atoms with Crippen molar-refractivity contribution in [2.24, 2.45) is 0 Å². The minimum atomic E-state index is -0.344. The minimum Gasteiger partial charge on any atom is -0.492 e. The van der Waals surface area contributed by atoms with Gasteiger partial charge in [0.2, 0.25) is 11.9 Å². The first kappa shape index (κ1) is 20.6. The molecule has 2 heterocycles. The highest BCUT2D eigenvalue weighted by atomic mass is 16.5. The van der Waals surface area contributed by atoms with Gasteiger partial charge in [-0.2, -0.15) is 15.0 Å². The van der Waals surface area contributed by atoms with E-state index in [2.05, 4.69) is 30.5 Å². The summed E-state index contributed by atoms with van der Waals surface area (Å²) in [6.07, 6.45) is 3.51. The molecule has 1 saturated heterocycles. The molecule has 0 unspecified atom stereocenters. The number of para-hydroxylation sites is 2. The monoisotopic (exact) mass is 399 g/mol. The molecule has 156 valence electrons. The van der Waals surface area contributed by atoms with Crippen molar-refractivity contribution in [3.05, 3.63) is 30.1 Å². The molecule has 2 amide bonds. The van der Waals surface area contributed by atoms with E-state index in [4.69, 9.17) is 4.74 Å². The van der Waals surface area contributed by atoms with Crippen LogP contribution in [0.5, 0.6) is 5.75 Å². The third kappa shape index (κ3) is 5.69. The Balaban J connectivity index is 1.67. The quantitative estimate of drug-likeness (QED) is 0.739. The molecule has 9 nitrogen and oxygen atoms in total. The predicted molar refractivity (Wildman–Crippen MR) is 114 cm³/mol. The zero-order valence-corrected chi connectivity index (χ0v) is 17.3. The lowest BCUT2D eigenvalue weighted by molar-refractivity contribution is 0.251. The number of ether oxygens (including phenoxy) is 1. The van der Waals surface area contributed by atoms with E-state index in [9.17, 15) is 4.79 Å². The van der Waals surface area contributed by atoms with Crippen LogP contribution in [0.25, 0.3) is 0 Å². The first-order valence-electron chi connectivity index (χ1n) is 10.0. The van der Waals surface area contributed by atoms with Crippen LogP contribution in [0, 0.1) is 0 Å². The molecule has 1 aromatic heterocycles. The van der Waals surface area contributed by atoms with Crippen molar-refractivity contribution >= 4 is 23.6 Å². The third-order valence-electron chi connectivity index (χ3n) is 4.54. The van der Waals surface area contributed by atoms with Crippen LogP contribution in [-0.2, 0) is 6.54 Å². The second-order valence-corrected chi connectivity index (χ2v) is 7.03. The number of nitrogens with one attached hydrogen (secondary N) is 2. The van der Waals surface area contributed by atoms with Crippen LogP contribution in [0.1, 0.15) is 32.0 Å². The molecule has 9 heteroatoms. The molecule has 29 heavy (non-hydrogen) atoms. The van der Waals surface area contributed by atoms with Crippen molar-refractivity contribution in [1.29, 1.82) is 0 Å². The van der Waals surface area contributed by atoms with Crippen LogP contribution < -0.4 is 25.2 Å². The summed E-state index contributed by atoms with van der Waals surface area (Å²) in [4.78, 5) is 30.0. The molecule has 2 aromatic rings. The number of carbonyl (C=O) groups is 1. The number of anilines is 3. The number of hydrogen-bond donors (Lipinski definition) is 2. The van der Waals surface area contributed by atoms with Crippen molar-refractivity contribution in [2.75, 3.05) is 48.9 Å². The summed E-state index contributed by atoms with van der Waals surface area (Å²) in [5, 5.41) is 5.63. The Kier molecular flexibility index (Phi) is 7.04. The van der Waals surface area contributed by atoms with E-state index in [-0.39, 0.29) is 12.6 Å². The summed E-state index contributed by atoms with van der Waals surface area (Å²) in [7, 11) is 3.79. The lowest BCUT2D eigenvalue weighted by atomic mass is 10.1. The van der Waals surface area contributed by atoms with Crippen LogP contribution in [-0.4, -0.2) is 54.8 Å². The number of amides is 2. The maximum atomic E-state index is 12.4. The first-order chi connectivity index (χ1) is 14.1. The molecule has 0 saturated carbocycles. The van der Waals surface area contributed by atoms with Crippen molar-refractivity contribution in [3.8, 4) is 5.75 Å². The van der Waals surface area contributed by atoms with E-state index in [0.29, 0.717) is 35.8 Å². The summed E-state index contributed by atoms with van der Waals surface area (Å²) in [6, 6.07) is 6.98. The average Bonchev–Trinajstić information content (AvgIpc) is 2.74. The Morgan fingerprint density at radius 3 is 2.62 bits per heavy atom. The molecule has 0 spiro atoms. The Labute approximate surface area is 171 Å². The zero-order valence-electron chi connectivity index (χ0n) is 17.3. The fourth-order valence-electron chi connectivity index (χ4n) is 3.09. The standard InChI is InChI=1S/C20H29N7O2/c1-4-29-16-11-7-6-10-15(16)22-20(28)21-14-17-23-18(26(2)3)25-19(24-17)27-12-8-5-9-13-27/h6-7,10-11H,4-5,8-9,12-14H2,1-3H3,(H2,21,22,28). The van der Waals surface area contributed by atoms with Crippen LogP contribution >= 0.6 is 0 Å². The van der Waals surface area contributed by atoms with Gasteiger partial charge in [0, 0.05) is 27.2 Å². The molecule has 0 atom stereocenters. The van der Waals surface area contributed by atoms with E-state index in [1.807, 2.05) is 44.1 Å². The van der Waals surface area contributed by atoms with Crippen molar-refractivity contribution in [1.82, 2.24) is 20.3 Å². The van der Waals surface area contributed by atoms with Gasteiger partial charge >= 0.3 is 6.03 Å². The van der Waals surface area contributed by atoms with Gasteiger partial charge in [0.25, 0.3) is 0 Å². The molecule has 2 N–H and O–H groups in total. The molecule has 1 aliphatic rings. The number of nitrogens with zero attached hydrogens (tertiary/aromatic N) is 5. The highest BCUT2D eigenvalue weighted by molar-refractivity contribution is 5.90. The fourth-order valence-corrected chi connectivity index (χ4v) is 3.09. The van der Waals surface area contributed by atoms with Gasteiger partial charge < -0.3 is 25.2 Å². The van der Waals surface area contributed by atoms with E-state index in [0.717, 1.165) is 25.9 Å². The van der Waals surface area contributed by atoms with Crippen LogP contribution in [0.15, 0.2) is 24.3 Å². The number of piperidine rings is 1. The van der Waals surface area contributed by atoms with Gasteiger partial charge in [0.15, 0.2) is 5.82 Å². The Bertz CT molecular complexity index is 822. The number of rotatable bonds is 7. The second kappa shape index (κ2) is 9.90. The number of benzene rings is 1. The van der Waals surface area contributed by atoms with E-state index < -0.39 is 0 Å². The summed E-state index contributed by atoms with van der Waals surface area (Å²) >= 11 is 0. The van der Waals surface area contributed by atoms with Gasteiger partial charge in [0.05, 0.1) is 18.8 Å². The van der Waals surface area contributed by atoms with Gasteiger partial charge in [-0.1, -0.05) is 12.1 Å². The average molecular weight is 399 g/mol. The summed E-state index contributed by atoms with van der Waals surface area (Å²) in [6.45, 7) is 4.52. The lowest BCUT2D eigenvalue weighted by Gasteiger charge is -2.27. The maximum absolute atomic E-state index is 12.4. The third-order valence-corrected chi connectivity index (χ3v) is 4.54. The molecular formula is C20H29N7O2. The number of urea groups is 1. The SMILES string of the molecule is CCOc1ccccc1NC(=O)NCc1nc(N(C)C)nc(N2CCCCC2)n1. The molecule has 0 bridgehead atoms. The lowest BCUT2D eigenvalue weighted by Crippen LogP contribution is -2.33. The normalized spacial score (nSPS) is 13.7. The van der Waals surface area contributed by atoms with E-state index >= 15 is 0 Å². The minimum absolute atomic E-state index is 0.201. The highest BCUT2D eigenvalue weighted by Gasteiger charge is 2.17. The van der Waals surface area contributed by atoms with Gasteiger partial charge in [-0.3, -0.25) is 0 Å². The summed E-state index contributed by atoms with van der Waals surface area (Å²) in [5.74, 6) is 2.41. The number of carbonyl (C=O) groups excluding carboxylic acids is 1. The van der Waals surface area contributed by atoms with Gasteiger partial charge in [-0.25, -0.2) is 4.79 Å². The second-order valence-electron chi connectivity index (χ2n) is 7.03. The Morgan fingerprint density at radius 1 is 1.14 bits per heavy atom. The van der Waals surface area contributed by atoms with E-state index in [1.165, 1.54) is 6.42 Å². The Hall–Kier alpha value is -3.10. The zero-order chi connectivity index (χ0) is 20.6. The van der Waals surface area contributed by atoms with Crippen LogP contribution in [0.3, 0.4) is 0 Å². The van der Waals surface area contributed by atoms with Crippen molar-refractivity contribution in [2.45, 2.75) is 32.7 Å². The molecular weight excluding hydrogens is 370 g/mol. The van der Waals surface area contributed by atoms with Gasteiger partial charge in [-0.15, -0.1) is 0 Å². The smallest absolute Gasteiger partial charge is 0.319 e. The topological polar surface area (TPSA) is 95.5 Å². The van der Waals surface area contributed by atoms with Crippen LogP contribution in [0.4, 0.5) is 22.4 Å². The molecule has 0 aliphatic carbocycles. The summed E-state index contributed by atoms with van der Waals surface area (Å²) in [5.41, 5.74) is 0.616. The highest BCUT2D eigenvalue weighted by Crippen LogP contribution is 2.23. The first-order valence-corrected chi connectivity index (χ1v) is 10.0. The van der Waals surface area contributed by atoms with E-state index in [1.54, 1.807) is 6.07 Å². The molecule has 1 fully saturated rings. The number of hydrogen-bond acceptors (Lipinski definition) is 7. The largest absolute Gasteiger partial charge is 0.492 e. The van der Waals surface area contributed by atoms with Crippen LogP contribution in [0.2, 0.25) is 0 Å². The Morgan fingerprint density at radius 2 is 1.90 bits per heavy atom. The van der Waals surface area contributed by atoms with Gasteiger partial charge in [0.1, 0.15) is 5.75 Å². The van der Waals surface area contributed by atoms with Crippen molar-refractivity contribution in [3.63, 3.8) is 0 Å². The number of aromatic nitrogens is 3. The predicted octanol–water partition coefficient (Wildman–Crippen LogP) is 2.65. The van der Waals surface area contributed by atoms with Gasteiger partial charge in [-0.05, 0) is 38.3 Å². The molecule has 1 aromatic carbocycles. The molecule has 0 radical (unpaired) electrons.